The van der Waals surface area contributed by atoms with E-state index in [0.29, 0.717) is 18.5 Å². The molecular formula is C28H28N4O4. The second-order valence-electron chi connectivity index (χ2n) is 9.90. The highest BCUT2D eigenvalue weighted by atomic mass is 16.5. The fourth-order valence-electron chi connectivity index (χ4n) is 5.60. The SMILES string of the molecule is Cc1nc(CN2CCC(Oc3ccc4c(c3)CN(C3CCC(=O)NC3=O)C4=O)C2)cc2ccccc12. The van der Waals surface area contributed by atoms with Gasteiger partial charge in [0.05, 0.1) is 5.69 Å². The number of likely N-dealkylation sites (tertiary alicyclic amines) is 1. The van der Waals surface area contributed by atoms with Crippen LogP contribution in [-0.2, 0) is 22.7 Å². The van der Waals surface area contributed by atoms with Gasteiger partial charge in [-0.15, -0.1) is 0 Å². The molecule has 3 aliphatic heterocycles. The number of piperidine rings is 1. The molecule has 0 spiro atoms. The van der Waals surface area contributed by atoms with Crippen LogP contribution in [0.25, 0.3) is 10.8 Å². The molecule has 2 unspecified atom stereocenters. The molecule has 2 fully saturated rings. The number of fused-ring (bicyclic) bond motifs is 2. The van der Waals surface area contributed by atoms with Gasteiger partial charge in [-0.1, -0.05) is 24.3 Å². The molecule has 3 aromatic rings. The van der Waals surface area contributed by atoms with Gasteiger partial charge in [0.2, 0.25) is 11.8 Å². The number of ether oxygens (including phenoxy) is 1. The van der Waals surface area contributed by atoms with Gasteiger partial charge in [-0.25, -0.2) is 0 Å². The maximum atomic E-state index is 12.9. The quantitative estimate of drug-likeness (QED) is 0.560. The third-order valence-electron chi connectivity index (χ3n) is 7.40. The number of rotatable bonds is 5. The molecule has 1 N–H and O–H groups in total. The highest BCUT2D eigenvalue weighted by Gasteiger charge is 2.39. The van der Waals surface area contributed by atoms with Crippen molar-refractivity contribution >= 4 is 28.5 Å². The normalized spacial score (nSPS) is 22.2. The average molecular weight is 485 g/mol. The standard InChI is InChI=1S/C28H28N4O4/c1-17-23-5-3-2-4-18(23)12-20(29-17)15-31-11-10-22(16-31)36-21-6-7-24-19(13-21)14-32(28(24)35)25-8-9-26(33)30-27(25)34/h2-7,12-13,22,25H,8-11,14-16H2,1H3,(H,30,33,34). The van der Waals surface area contributed by atoms with Gasteiger partial charge in [0.15, 0.2) is 0 Å². The molecule has 184 valence electrons. The first-order valence-corrected chi connectivity index (χ1v) is 12.5. The first-order chi connectivity index (χ1) is 17.4. The highest BCUT2D eigenvalue weighted by molar-refractivity contribution is 6.05. The summed E-state index contributed by atoms with van der Waals surface area (Å²) in [5.41, 5.74) is 3.57. The minimum atomic E-state index is -0.609. The number of aryl methyl sites for hydroxylation is 1. The minimum Gasteiger partial charge on any atom is -0.489 e. The van der Waals surface area contributed by atoms with Crippen LogP contribution < -0.4 is 10.1 Å². The molecule has 3 aliphatic rings. The third-order valence-corrected chi connectivity index (χ3v) is 7.40. The number of nitrogens with one attached hydrogen (secondary N) is 1. The van der Waals surface area contributed by atoms with Crippen LogP contribution in [0.1, 0.15) is 46.6 Å². The van der Waals surface area contributed by atoms with Crippen molar-refractivity contribution in [1.29, 1.82) is 0 Å². The van der Waals surface area contributed by atoms with E-state index in [-0.39, 0.29) is 24.3 Å². The van der Waals surface area contributed by atoms with E-state index in [2.05, 4.69) is 41.4 Å². The second-order valence-corrected chi connectivity index (χ2v) is 9.90. The lowest BCUT2D eigenvalue weighted by Gasteiger charge is -2.29. The summed E-state index contributed by atoms with van der Waals surface area (Å²) in [5, 5.41) is 4.74. The summed E-state index contributed by atoms with van der Waals surface area (Å²) < 4.78 is 6.30. The Labute approximate surface area is 209 Å². The van der Waals surface area contributed by atoms with Gasteiger partial charge in [-0.05, 0) is 55.0 Å². The number of benzene rings is 2. The van der Waals surface area contributed by atoms with E-state index in [1.807, 2.05) is 18.2 Å². The number of carbonyl (C=O) groups is 3. The van der Waals surface area contributed by atoms with Crippen molar-refractivity contribution in [3.8, 4) is 5.75 Å². The van der Waals surface area contributed by atoms with Crippen LogP contribution >= 0.6 is 0 Å². The Balaban J connectivity index is 1.09. The lowest BCUT2D eigenvalue weighted by atomic mass is 10.0. The summed E-state index contributed by atoms with van der Waals surface area (Å²) in [6, 6.07) is 15.4. The molecule has 0 radical (unpaired) electrons. The zero-order chi connectivity index (χ0) is 24.8. The number of amides is 3. The Bertz CT molecular complexity index is 1390. The van der Waals surface area contributed by atoms with Gasteiger partial charge in [0.1, 0.15) is 17.9 Å². The minimum absolute atomic E-state index is 0.0629. The van der Waals surface area contributed by atoms with Crippen LogP contribution in [0.4, 0.5) is 0 Å². The molecule has 4 heterocycles. The monoisotopic (exact) mass is 484 g/mol. The molecule has 2 atom stereocenters. The van der Waals surface area contributed by atoms with Crippen LogP contribution in [0, 0.1) is 6.92 Å². The Morgan fingerprint density at radius 2 is 1.94 bits per heavy atom. The zero-order valence-electron chi connectivity index (χ0n) is 20.2. The second kappa shape index (κ2) is 9.02. The summed E-state index contributed by atoms with van der Waals surface area (Å²) in [6.07, 6.45) is 1.59. The smallest absolute Gasteiger partial charge is 0.255 e. The van der Waals surface area contributed by atoms with E-state index in [1.165, 1.54) is 10.8 Å². The number of hydrogen-bond donors (Lipinski definition) is 1. The molecule has 2 saturated heterocycles. The molecule has 0 aliphatic carbocycles. The largest absolute Gasteiger partial charge is 0.489 e. The van der Waals surface area contributed by atoms with Gasteiger partial charge < -0.3 is 9.64 Å². The van der Waals surface area contributed by atoms with Gasteiger partial charge in [-0.2, -0.15) is 0 Å². The summed E-state index contributed by atoms with van der Waals surface area (Å²) in [7, 11) is 0. The van der Waals surface area contributed by atoms with Crippen molar-refractivity contribution < 1.29 is 19.1 Å². The number of pyridine rings is 1. The van der Waals surface area contributed by atoms with E-state index in [9.17, 15) is 14.4 Å². The fourth-order valence-corrected chi connectivity index (χ4v) is 5.60. The van der Waals surface area contributed by atoms with Crippen molar-refractivity contribution in [3.63, 3.8) is 0 Å². The lowest BCUT2D eigenvalue weighted by Crippen LogP contribution is -2.52. The first-order valence-electron chi connectivity index (χ1n) is 12.5. The number of hydrogen-bond acceptors (Lipinski definition) is 6. The molecule has 8 heteroatoms. The predicted octanol–water partition coefficient (Wildman–Crippen LogP) is 2.96. The summed E-state index contributed by atoms with van der Waals surface area (Å²) in [5.74, 6) is -0.117. The van der Waals surface area contributed by atoms with Crippen molar-refractivity contribution in [2.24, 2.45) is 0 Å². The van der Waals surface area contributed by atoms with Gasteiger partial charge in [0, 0.05) is 49.2 Å². The predicted molar refractivity (Wildman–Crippen MR) is 133 cm³/mol. The number of nitrogens with zero attached hydrogens (tertiary/aromatic N) is 3. The first kappa shape index (κ1) is 22.7. The molecular weight excluding hydrogens is 456 g/mol. The van der Waals surface area contributed by atoms with Gasteiger partial charge in [-0.3, -0.25) is 29.6 Å². The van der Waals surface area contributed by atoms with E-state index in [0.717, 1.165) is 48.8 Å². The van der Waals surface area contributed by atoms with Crippen molar-refractivity contribution in [1.82, 2.24) is 20.1 Å². The Hall–Kier alpha value is -3.78. The Morgan fingerprint density at radius 3 is 2.81 bits per heavy atom. The molecule has 1 aromatic heterocycles. The molecule has 2 aromatic carbocycles. The van der Waals surface area contributed by atoms with Crippen molar-refractivity contribution in [2.75, 3.05) is 13.1 Å². The van der Waals surface area contributed by atoms with Crippen molar-refractivity contribution in [3.05, 3.63) is 71.0 Å². The summed E-state index contributed by atoms with van der Waals surface area (Å²) in [6.45, 7) is 4.94. The Morgan fingerprint density at radius 1 is 1.08 bits per heavy atom. The molecule has 0 bridgehead atoms. The molecule has 0 saturated carbocycles. The topological polar surface area (TPSA) is 91.8 Å². The average Bonchev–Trinajstić information content (AvgIpc) is 3.42. The maximum absolute atomic E-state index is 12.9. The molecule has 36 heavy (non-hydrogen) atoms. The van der Waals surface area contributed by atoms with Gasteiger partial charge >= 0.3 is 0 Å². The number of carbonyl (C=O) groups excluding carboxylic acids is 3. The maximum Gasteiger partial charge on any atom is 0.255 e. The highest BCUT2D eigenvalue weighted by Crippen LogP contribution is 2.31. The van der Waals surface area contributed by atoms with E-state index in [4.69, 9.17) is 9.72 Å². The number of aromatic nitrogens is 1. The summed E-state index contributed by atoms with van der Waals surface area (Å²) >= 11 is 0. The third kappa shape index (κ3) is 4.22. The molecule has 3 amide bonds. The molecule has 8 nitrogen and oxygen atoms in total. The van der Waals surface area contributed by atoms with Crippen molar-refractivity contribution in [2.45, 2.75) is 51.4 Å². The van der Waals surface area contributed by atoms with E-state index < -0.39 is 11.9 Å². The molecule has 6 rings (SSSR count). The van der Waals surface area contributed by atoms with Gasteiger partial charge in [0.25, 0.3) is 5.91 Å². The van der Waals surface area contributed by atoms with E-state index >= 15 is 0 Å². The van der Waals surface area contributed by atoms with Crippen LogP contribution in [0.15, 0.2) is 48.5 Å². The zero-order valence-corrected chi connectivity index (χ0v) is 20.2. The van der Waals surface area contributed by atoms with E-state index in [1.54, 1.807) is 11.0 Å². The van der Waals surface area contributed by atoms with Crippen LogP contribution in [-0.4, -0.2) is 57.7 Å². The summed E-state index contributed by atoms with van der Waals surface area (Å²) in [4.78, 5) is 45.4. The number of imide groups is 1. The Kier molecular flexibility index (Phi) is 5.68. The van der Waals surface area contributed by atoms with Crippen LogP contribution in [0.5, 0.6) is 5.75 Å². The van der Waals surface area contributed by atoms with Crippen LogP contribution in [0.2, 0.25) is 0 Å². The fraction of sp³-hybridized carbons (Fsp3) is 0.357. The van der Waals surface area contributed by atoms with Crippen LogP contribution in [0.3, 0.4) is 0 Å². The lowest BCUT2D eigenvalue weighted by molar-refractivity contribution is -0.136.